The normalized spacial score (nSPS) is 12.0. The molecule has 0 fully saturated rings. The molecule has 1 unspecified atom stereocenters. The molecule has 3 aromatic carbocycles. The van der Waals surface area contributed by atoms with Gasteiger partial charge in [0.1, 0.15) is 5.75 Å². The van der Waals surface area contributed by atoms with Gasteiger partial charge in [0.15, 0.2) is 11.6 Å². The summed E-state index contributed by atoms with van der Waals surface area (Å²) in [5, 5.41) is 2.76. The quantitative estimate of drug-likeness (QED) is 0.529. The predicted octanol–water partition coefficient (Wildman–Crippen LogP) is 4.13. The number of anilines is 1. The Morgan fingerprint density at radius 1 is 0.938 bits per heavy atom. The first kappa shape index (κ1) is 23.1. The van der Waals surface area contributed by atoms with Crippen LogP contribution >= 0.6 is 0 Å². The first-order valence-corrected chi connectivity index (χ1v) is 11.1. The highest BCUT2D eigenvalue weighted by Crippen LogP contribution is 2.26. The molecule has 9 heteroatoms. The standard InChI is InChI=1S/C23H23FN2O5S/c1-15(17-10-13-21(30-2)19(24)14-17)25-23(27)16-8-11-18(12-9-16)32(28,29)26-20-6-4-5-7-22(20)31-3/h4-15,26H,1-3H3,(H,25,27). The fraction of sp³-hybridized carbons (Fsp3) is 0.174. The molecular formula is C23H23FN2O5S. The minimum atomic E-state index is -3.88. The van der Waals surface area contributed by atoms with Gasteiger partial charge in [-0.05, 0) is 61.0 Å². The third kappa shape index (κ3) is 5.17. The van der Waals surface area contributed by atoms with Crippen molar-refractivity contribution >= 4 is 21.6 Å². The van der Waals surface area contributed by atoms with Crippen LogP contribution in [0.15, 0.2) is 71.6 Å². The molecule has 0 aliphatic rings. The zero-order valence-electron chi connectivity index (χ0n) is 17.8. The van der Waals surface area contributed by atoms with Gasteiger partial charge >= 0.3 is 0 Å². The lowest BCUT2D eigenvalue weighted by atomic mass is 10.1. The fourth-order valence-electron chi connectivity index (χ4n) is 3.03. The molecule has 32 heavy (non-hydrogen) atoms. The summed E-state index contributed by atoms with van der Waals surface area (Å²) < 4.78 is 51.8. The number of sulfonamides is 1. The summed E-state index contributed by atoms with van der Waals surface area (Å²) in [6.07, 6.45) is 0. The number of nitrogens with one attached hydrogen (secondary N) is 2. The summed E-state index contributed by atoms with van der Waals surface area (Å²) in [4.78, 5) is 12.6. The molecule has 0 saturated heterocycles. The molecule has 0 aromatic heterocycles. The van der Waals surface area contributed by atoms with E-state index in [0.717, 1.165) is 0 Å². The molecule has 7 nitrogen and oxygen atoms in total. The number of para-hydroxylation sites is 2. The van der Waals surface area contributed by atoms with Crippen molar-refractivity contribution in [1.29, 1.82) is 0 Å². The second-order valence-electron chi connectivity index (χ2n) is 6.92. The summed E-state index contributed by atoms with van der Waals surface area (Å²) in [6.45, 7) is 1.72. The van der Waals surface area contributed by atoms with Crippen LogP contribution in [0.5, 0.6) is 11.5 Å². The maximum atomic E-state index is 13.9. The molecule has 1 amide bonds. The largest absolute Gasteiger partial charge is 0.495 e. The first-order chi connectivity index (χ1) is 15.2. The van der Waals surface area contributed by atoms with E-state index in [0.29, 0.717) is 17.0 Å². The van der Waals surface area contributed by atoms with E-state index in [9.17, 15) is 17.6 Å². The molecular weight excluding hydrogens is 435 g/mol. The van der Waals surface area contributed by atoms with Crippen LogP contribution in [0, 0.1) is 5.82 Å². The Kier molecular flexibility index (Phi) is 6.99. The SMILES string of the molecule is COc1ccc(C(C)NC(=O)c2ccc(S(=O)(=O)Nc3ccccc3OC)cc2)cc1F. The predicted molar refractivity (Wildman–Crippen MR) is 119 cm³/mol. The molecule has 2 N–H and O–H groups in total. The average Bonchev–Trinajstić information content (AvgIpc) is 2.79. The Morgan fingerprint density at radius 2 is 1.59 bits per heavy atom. The van der Waals surface area contributed by atoms with E-state index < -0.39 is 27.8 Å². The third-order valence-electron chi connectivity index (χ3n) is 4.80. The van der Waals surface area contributed by atoms with Gasteiger partial charge in [-0.15, -0.1) is 0 Å². The highest BCUT2D eigenvalue weighted by Gasteiger charge is 2.18. The van der Waals surface area contributed by atoms with Crippen molar-refractivity contribution in [2.75, 3.05) is 18.9 Å². The minimum Gasteiger partial charge on any atom is -0.495 e. The highest BCUT2D eigenvalue weighted by molar-refractivity contribution is 7.92. The number of carbonyl (C=O) groups is 1. The molecule has 3 rings (SSSR count). The van der Waals surface area contributed by atoms with Gasteiger partial charge in [0.25, 0.3) is 15.9 Å². The molecule has 3 aromatic rings. The summed E-state index contributed by atoms with van der Waals surface area (Å²) in [5.74, 6) is -0.444. The molecule has 0 aliphatic carbocycles. The van der Waals surface area contributed by atoms with Crippen LogP contribution in [-0.2, 0) is 10.0 Å². The first-order valence-electron chi connectivity index (χ1n) is 9.65. The third-order valence-corrected chi connectivity index (χ3v) is 6.18. The molecule has 168 valence electrons. The topological polar surface area (TPSA) is 93.7 Å². The average molecular weight is 459 g/mol. The van der Waals surface area contributed by atoms with Gasteiger partial charge in [-0.1, -0.05) is 18.2 Å². The molecule has 0 radical (unpaired) electrons. The second-order valence-corrected chi connectivity index (χ2v) is 8.60. The fourth-order valence-corrected chi connectivity index (χ4v) is 4.10. The Balaban J connectivity index is 1.71. The van der Waals surface area contributed by atoms with E-state index in [1.807, 2.05) is 0 Å². The number of carbonyl (C=O) groups excluding carboxylic acids is 1. The van der Waals surface area contributed by atoms with Crippen LogP contribution in [0.4, 0.5) is 10.1 Å². The van der Waals surface area contributed by atoms with Gasteiger partial charge in [-0.3, -0.25) is 9.52 Å². The van der Waals surface area contributed by atoms with Crippen LogP contribution in [0.1, 0.15) is 28.9 Å². The summed E-state index contributed by atoms with van der Waals surface area (Å²) in [6, 6.07) is 16.1. The van der Waals surface area contributed by atoms with E-state index in [1.165, 1.54) is 50.6 Å². The lowest BCUT2D eigenvalue weighted by Crippen LogP contribution is -2.26. The van der Waals surface area contributed by atoms with E-state index in [1.54, 1.807) is 37.3 Å². The van der Waals surface area contributed by atoms with Crippen molar-refractivity contribution in [2.24, 2.45) is 0 Å². The summed E-state index contributed by atoms with van der Waals surface area (Å²) in [5.41, 5.74) is 1.14. The molecule has 0 spiro atoms. The lowest BCUT2D eigenvalue weighted by molar-refractivity contribution is 0.0939. The van der Waals surface area contributed by atoms with Gasteiger partial charge in [-0.25, -0.2) is 12.8 Å². The van der Waals surface area contributed by atoms with E-state index in [-0.39, 0.29) is 16.2 Å². The molecule has 0 heterocycles. The summed E-state index contributed by atoms with van der Waals surface area (Å²) in [7, 11) is -1.06. The van der Waals surface area contributed by atoms with Gasteiger partial charge in [0.2, 0.25) is 0 Å². The number of rotatable bonds is 8. The van der Waals surface area contributed by atoms with Crippen LogP contribution < -0.4 is 19.5 Å². The van der Waals surface area contributed by atoms with Crippen LogP contribution in [0.3, 0.4) is 0 Å². The summed E-state index contributed by atoms with van der Waals surface area (Å²) >= 11 is 0. The number of halogens is 1. The number of hydrogen-bond acceptors (Lipinski definition) is 5. The maximum absolute atomic E-state index is 13.9. The molecule has 0 aliphatic heterocycles. The Bertz CT molecular complexity index is 1210. The molecule has 0 bridgehead atoms. The number of methoxy groups -OCH3 is 2. The van der Waals surface area contributed by atoms with E-state index >= 15 is 0 Å². The Hall–Kier alpha value is -3.59. The van der Waals surface area contributed by atoms with Gasteiger partial charge in [0, 0.05) is 5.56 Å². The molecule has 1 atom stereocenters. The number of amides is 1. The van der Waals surface area contributed by atoms with Crippen LogP contribution in [0.2, 0.25) is 0 Å². The zero-order valence-corrected chi connectivity index (χ0v) is 18.6. The Labute approximate surface area is 186 Å². The molecule has 0 saturated carbocycles. The van der Waals surface area contributed by atoms with Crippen molar-refractivity contribution in [3.05, 3.63) is 83.7 Å². The van der Waals surface area contributed by atoms with Gasteiger partial charge in [-0.2, -0.15) is 0 Å². The number of ether oxygens (including phenoxy) is 2. The van der Waals surface area contributed by atoms with E-state index in [2.05, 4.69) is 10.0 Å². The second kappa shape index (κ2) is 9.69. The van der Waals surface area contributed by atoms with Crippen molar-refractivity contribution < 1.29 is 27.1 Å². The highest BCUT2D eigenvalue weighted by atomic mass is 32.2. The van der Waals surface area contributed by atoms with Crippen LogP contribution in [0.25, 0.3) is 0 Å². The minimum absolute atomic E-state index is 0.00905. The van der Waals surface area contributed by atoms with Crippen molar-refractivity contribution in [2.45, 2.75) is 17.9 Å². The monoisotopic (exact) mass is 458 g/mol. The van der Waals surface area contributed by atoms with Crippen molar-refractivity contribution in [3.63, 3.8) is 0 Å². The van der Waals surface area contributed by atoms with Gasteiger partial charge < -0.3 is 14.8 Å². The Morgan fingerprint density at radius 3 is 2.22 bits per heavy atom. The van der Waals surface area contributed by atoms with Crippen LogP contribution in [-0.4, -0.2) is 28.5 Å². The van der Waals surface area contributed by atoms with Crippen molar-refractivity contribution in [3.8, 4) is 11.5 Å². The number of benzene rings is 3. The zero-order chi connectivity index (χ0) is 23.3. The maximum Gasteiger partial charge on any atom is 0.262 e. The van der Waals surface area contributed by atoms with Crippen molar-refractivity contribution in [1.82, 2.24) is 5.32 Å². The lowest BCUT2D eigenvalue weighted by Gasteiger charge is -2.16. The smallest absolute Gasteiger partial charge is 0.262 e. The number of hydrogen-bond donors (Lipinski definition) is 2. The van der Waals surface area contributed by atoms with E-state index in [4.69, 9.17) is 9.47 Å². The van der Waals surface area contributed by atoms with Gasteiger partial charge in [0.05, 0.1) is 30.8 Å².